The fourth-order valence-electron chi connectivity index (χ4n) is 1.78. The molecule has 0 aliphatic rings. The van der Waals surface area contributed by atoms with Crippen LogP contribution in [-0.4, -0.2) is 35.0 Å². The highest BCUT2D eigenvalue weighted by Crippen LogP contribution is 2.06. The summed E-state index contributed by atoms with van der Waals surface area (Å²) in [5.41, 5.74) is 0. The third-order valence-corrected chi connectivity index (χ3v) is 2.73. The van der Waals surface area contributed by atoms with E-state index in [4.69, 9.17) is 5.11 Å². The number of amides is 2. The lowest BCUT2D eigenvalue weighted by Gasteiger charge is -2.24. The summed E-state index contributed by atoms with van der Waals surface area (Å²) in [5.74, 6) is -1.33. The Morgan fingerprint density at radius 3 is 1.90 bits per heavy atom. The number of nitrogens with one attached hydrogen (secondary N) is 2. The number of hydrogen-bond acceptors (Lipinski definition) is 3. The van der Waals surface area contributed by atoms with Crippen molar-refractivity contribution in [3.63, 3.8) is 0 Å². The maximum Gasteiger partial charge on any atom is 0.305 e. The van der Waals surface area contributed by atoms with E-state index in [1.54, 1.807) is 6.92 Å². The van der Waals surface area contributed by atoms with Gasteiger partial charge in [0.15, 0.2) is 0 Å². The first-order valence-corrected chi connectivity index (χ1v) is 6.95. The molecule has 0 aromatic heterocycles. The minimum absolute atomic E-state index is 0.0665. The molecule has 116 valence electrons. The lowest BCUT2D eigenvalue weighted by Crippen LogP contribution is -2.52. The SMILES string of the molecule is CC(C)CC(=O)NC(C(=O)NC(C)CC(=O)O)C(C)C. The van der Waals surface area contributed by atoms with Crippen molar-refractivity contribution in [3.05, 3.63) is 0 Å². The normalized spacial score (nSPS) is 13.9. The Hall–Kier alpha value is -1.59. The predicted octanol–water partition coefficient (Wildman–Crippen LogP) is 1.15. The zero-order valence-electron chi connectivity index (χ0n) is 12.9. The van der Waals surface area contributed by atoms with Crippen molar-refractivity contribution < 1.29 is 19.5 Å². The first kappa shape index (κ1) is 18.4. The number of aliphatic carboxylic acids is 1. The van der Waals surface area contributed by atoms with Crippen LogP contribution < -0.4 is 10.6 Å². The largest absolute Gasteiger partial charge is 0.481 e. The van der Waals surface area contributed by atoms with Gasteiger partial charge in [0.25, 0.3) is 0 Å². The van der Waals surface area contributed by atoms with Crippen LogP contribution in [0.3, 0.4) is 0 Å². The van der Waals surface area contributed by atoms with Crippen molar-refractivity contribution in [1.82, 2.24) is 10.6 Å². The van der Waals surface area contributed by atoms with Crippen molar-refractivity contribution >= 4 is 17.8 Å². The topological polar surface area (TPSA) is 95.5 Å². The molecule has 0 bridgehead atoms. The Balaban J connectivity index is 4.55. The first-order valence-electron chi connectivity index (χ1n) is 6.95. The summed E-state index contributed by atoms with van der Waals surface area (Å²) in [6.07, 6.45) is 0.220. The molecule has 0 heterocycles. The van der Waals surface area contributed by atoms with Gasteiger partial charge in [-0.1, -0.05) is 27.7 Å². The van der Waals surface area contributed by atoms with Gasteiger partial charge in [-0.25, -0.2) is 0 Å². The Labute approximate surface area is 120 Å². The second-order valence-corrected chi connectivity index (χ2v) is 5.89. The van der Waals surface area contributed by atoms with Gasteiger partial charge in [0, 0.05) is 12.5 Å². The standard InChI is InChI=1S/C14H26N2O4/c1-8(2)6-11(17)16-13(9(3)4)14(20)15-10(5)7-12(18)19/h8-10,13H,6-7H2,1-5H3,(H,15,20)(H,16,17)(H,18,19). The third-order valence-electron chi connectivity index (χ3n) is 2.73. The number of carbonyl (C=O) groups excluding carboxylic acids is 2. The maximum atomic E-state index is 12.1. The van der Waals surface area contributed by atoms with Crippen LogP contribution in [0, 0.1) is 11.8 Å². The minimum Gasteiger partial charge on any atom is -0.481 e. The van der Waals surface area contributed by atoms with Crippen molar-refractivity contribution in [2.45, 2.75) is 59.5 Å². The summed E-state index contributed by atoms with van der Waals surface area (Å²) in [7, 11) is 0. The molecule has 0 saturated heterocycles. The second kappa shape index (κ2) is 8.55. The highest BCUT2D eigenvalue weighted by molar-refractivity contribution is 5.88. The Morgan fingerprint density at radius 2 is 1.50 bits per heavy atom. The van der Waals surface area contributed by atoms with Crippen LogP contribution in [0.2, 0.25) is 0 Å². The minimum atomic E-state index is -0.970. The average Bonchev–Trinajstić information content (AvgIpc) is 2.22. The van der Waals surface area contributed by atoms with E-state index in [0.29, 0.717) is 6.42 Å². The molecule has 0 spiro atoms. The Morgan fingerprint density at radius 1 is 0.950 bits per heavy atom. The van der Waals surface area contributed by atoms with E-state index in [9.17, 15) is 14.4 Å². The Kier molecular flexibility index (Phi) is 7.87. The zero-order valence-corrected chi connectivity index (χ0v) is 12.9. The summed E-state index contributed by atoms with van der Waals surface area (Å²) >= 11 is 0. The molecule has 6 heteroatoms. The summed E-state index contributed by atoms with van der Waals surface area (Å²) in [6.45, 7) is 9.15. The molecular weight excluding hydrogens is 260 g/mol. The summed E-state index contributed by atoms with van der Waals surface area (Å²) in [6, 6.07) is -1.11. The highest BCUT2D eigenvalue weighted by atomic mass is 16.4. The van der Waals surface area contributed by atoms with Gasteiger partial charge in [-0.2, -0.15) is 0 Å². The van der Waals surface area contributed by atoms with Crippen LogP contribution in [0.15, 0.2) is 0 Å². The quantitative estimate of drug-likeness (QED) is 0.624. The molecule has 0 fully saturated rings. The Bertz CT molecular complexity index is 353. The molecule has 0 rings (SSSR count). The molecule has 2 amide bonds. The third kappa shape index (κ3) is 7.76. The van der Waals surface area contributed by atoms with Gasteiger partial charge in [-0.05, 0) is 18.8 Å². The summed E-state index contributed by atoms with van der Waals surface area (Å²) in [5, 5.41) is 14.0. The van der Waals surface area contributed by atoms with E-state index in [1.807, 2.05) is 27.7 Å². The molecule has 0 saturated carbocycles. The fourth-order valence-corrected chi connectivity index (χ4v) is 1.78. The van der Waals surface area contributed by atoms with Gasteiger partial charge < -0.3 is 15.7 Å². The van der Waals surface area contributed by atoms with Crippen LogP contribution in [0.25, 0.3) is 0 Å². The van der Waals surface area contributed by atoms with E-state index < -0.39 is 18.1 Å². The summed E-state index contributed by atoms with van der Waals surface area (Å²) < 4.78 is 0. The number of carbonyl (C=O) groups is 3. The molecular formula is C14H26N2O4. The average molecular weight is 286 g/mol. The van der Waals surface area contributed by atoms with Crippen LogP contribution in [0.4, 0.5) is 0 Å². The van der Waals surface area contributed by atoms with E-state index in [0.717, 1.165) is 0 Å². The van der Waals surface area contributed by atoms with Crippen LogP contribution in [0.5, 0.6) is 0 Å². The van der Waals surface area contributed by atoms with Crippen molar-refractivity contribution in [1.29, 1.82) is 0 Å². The van der Waals surface area contributed by atoms with Gasteiger partial charge in [0.2, 0.25) is 11.8 Å². The molecule has 20 heavy (non-hydrogen) atoms. The molecule has 3 N–H and O–H groups in total. The van der Waals surface area contributed by atoms with Gasteiger partial charge >= 0.3 is 5.97 Å². The van der Waals surface area contributed by atoms with Crippen molar-refractivity contribution in [2.75, 3.05) is 0 Å². The number of hydrogen-bond donors (Lipinski definition) is 3. The first-order chi connectivity index (χ1) is 9.13. The second-order valence-electron chi connectivity index (χ2n) is 5.89. The number of carboxylic acid groups (broad SMARTS) is 1. The van der Waals surface area contributed by atoms with Crippen molar-refractivity contribution in [3.8, 4) is 0 Å². The number of rotatable bonds is 8. The smallest absolute Gasteiger partial charge is 0.305 e. The summed E-state index contributed by atoms with van der Waals surface area (Å²) in [4.78, 5) is 34.4. The molecule has 0 radical (unpaired) electrons. The van der Waals surface area contributed by atoms with E-state index >= 15 is 0 Å². The number of carboxylic acids is 1. The highest BCUT2D eigenvalue weighted by Gasteiger charge is 2.25. The van der Waals surface area contributed by atoms with Crippen LogP contribution in [-0.2, 0) is 14.4 Å². The molecule has 0 aromatic carbocycles. The van der Waals surface area contributed by atoms with E-state index in [2.05, 4.69) is 10.6 Å². The van der Waals surface area contributed by atoms with Crippen LogP contribution >= 0.6 is 0 Å². The maximum absolute atomic E-state index is 12.1. The molecule has 0 aromatic rings. The predicted molar refractivity (Wildman–Crippen MR) is 76.1 cm³/mol. The van der Waals surface area contributed by atoms with Crippen molar-refractivity contribution in [2.24, 2.45) is 11.8 Å². The molecule has 6 nitrogen and oxygen atoms in total. The van der Waals surface area contributed by atoms with Gasteiger partial charge in [0.1, 0.15) is 6.04 Å². The monoisotopic (exact) mass is 286 g/mol. The lowest BCUT2D eigenvalue weighted by molar-refractivity contribution is -0.138. The van der Waals surface area contributed by atoms with E-state index in [-0.39, 0.29) is 30.1 Å². The zero-order chi connectivity index (χ0) is 15.9. The fraction of sp³-hybridized carbons (Fsp3) is 0.786. The molecule has 0 aliphatic heterocycles. The lowest BCUT2D eigenvalue weighted by atomic mass is 10.0. The van der Waals surface area contributed by atoms with E-state index in [1.165, 1.54) is 0 Å². The molecule has 0 aliphatic carbocycles. The molecule has 2 unspecified atom stereocenters. The van der Waals surface area contributed by atoms with Gasteiger partial charge in [-0.3, -0.25) is 14.4 Å². The van der Waals surface area contributed by atoms with Gasteiger partial charge in [0.05, 0.1) is 6.42 Å². The van der Waals surface area contributed by atoms with Gasteiger partial charge in [-0.15, -0.1) is 0 Å². The molecule has 2 atom stereocenters. The van der Waals surface area contributed by atoms with Crippen LogP contribution in [0.1, 0.15) is 47.5 Å².